The number of carbonyl (C=O) groups excluding carboxylic acids is 1. The molecule has 2 aromatic rings. The molecule has 2 atom stereocenters. The van der Waals surface area contributed by atoms with Crippen LogP contribution in [0.4, 0.5) is 0 Å². The highest BCUT2D eigenvalue weighted by atomic mass is 16.5. The molecular formula is C18H20N4O2. The molecule has 4 rings (SSSR count). The second kappa shape index (κ2) is 5.79. The molecule has 1 fully saturated rings. The Kier molecular flexibility index (Phi) is 3.61. The predicted octanol–water partition coefficient (Wildman–Crippen LogP) is 1.81. The van der Waals surface area contributed by atoms with Gasteiger partial charge in [0.15, 0.2) is 0 Å². The van der Waals surface area contributed by atoms with Crippen LogP contribution in [0.3, 0.4) is 0 Å². The Labute approximate surface area is 140 Å². The molecule has 24 heavy (non-hydrogen) atoms. The van der Waals surface area contributed by atoms with Gasteiger partial charge < -0.3 is 20.4 Å². The van der Waals surface area contributed by atoms with Gasteiger partial charge >= 0.3 is 0 Å². The van der Waals surface area contributed by atoms with Crippen LogP contribution < -0.4 is 5.73 Å². The summed E-state index contributed by atoms with van der Waals surface area (Å²) in [4.78, 5) is 21.6. The number of nitrogens with one attached hydrogen (secondary N) is 1. The first-order valence-electron chi connectivity index (χ1n) is 8.16. The van der Waals surface area contributed by atoms with Crippen molar-refractivity contribution in [1.29, 1.82) is 0 Å². The van der Waals surface area contributed by atoms with Gasteiger partial charge in [-0.3, -0.25) is 4.79 Å². The number of imidazole rings is 1. The fraction of sp³-hybridized carbons (Fsp3) is 0.333. The predicted molar refractivity (Wildman–Crippen MR) is 91.9 cm³/mol. The molecule has 1 amide bonds. The SMILES string of the molecule is CC1C(C(N)=O)=C(c2ccc3nc[nH]c3c2)C=CN1C[C@@H]1CCO1. The number of fused-ring (bicyclic) bond motifs is 1. The Morgan fingerprint density at radius 1 is 1.50 bits per heavy atom. The lowest BCUT2D eigenvalue weighted by Crippen LogP contribution is -2.44. The number of nitrogens with zero attached hydrogens (tertiary/aromatic N) is 2. The summed E-state index contributed by atoms with van der Waals surface area (Å²) in [5.74, 6) is -0.383. The molecule has 124 valence electrons. The third kappa shape index (κ3) is 2.49. The van der Waals surface area contributed by atoms with Crippen molar-refractivity contribution < 1.29 is 9.53 Å². The number of ether oxygens (including phenoxy) is 1. The van der Waals surface area contributed by atoms with Crippen LogP contribution in [0.2, 0.25) is 0 Å². The molecule has 0 spiro atoms. The number of hydrogen-bond donors (Lipinski definition) is 2. The lowest BCUT2D eigenvalue weighted by molar-refractivity contribution is -0.115. The van der Waals surface area contributed by atoms with E-state index in [0.29, 0.717) is 5.57 Å². The summed E-state index contributed by atoms with van der Waals surface area (Å²) in [6.45, 7) is 3.61. The maximum Gasteiger partial charge on any atom is 0.247 e. The number of amides is 1. The van der Waals surface area contributed by atoms with Crippen molar-refractivity contribution in [2.24, 2.45) is 5.73 Å². The number of rotatable bonds is 4. The molecule has 0 saturated carbocycles. The zero-order valence-electron chi connectivity index (χ0n) is 13.5. The van der Waals surface area contributed by atoms with E-state index >= 15 is 0 Å². The van der Waals surface area contributed by atoms with Crippen molar-refractivity contribution in [1.82, 2.24) is 14.9 Å². The van der Waals surface area contributed by atoms with Crippen LogP contribution in [0.15, 0.2) is 42.4 Å². The van der Waals surface area contributed by atoms with Crippen molar-refractivity contribution in [2.75, 3.05) is 13.2 Å². The highest BCUT2D eigenvalue weighted by Gasteiger charge is 2.30. The van der Waals surface area contributed by atoms with E-state index in [4.69, 9.17) is 10.5 Å². The van der Waals surface area contributed by atoms with Crippen LogP contribution in [0.5, 0.6) is 0 Å². The molecule has 3 heterocycles. The van der Waals surface area contributed by atoms with Gasteiger partial charge in [0.2, 0.25) is 5.91 Å². The first kappa shape index (κ1) is 15.0. The van der Waals surface area contributed by atoms with E-state index < -0.39 is 0 Å². The molecule has 3 N–H and O–H groups in total. The van der Waals surface area contributed by atoms with E-state index in [1.807, 2.05) is 37.4 Å². The van der Waals surface area contributed by atoms with Gasteiger partial charge in [-0.1, -0.05) is 6.07 Å². The maximum absolute atomic E-state index is 12.1. The Hall–Kier alpha value is -2.60. The van der Waals surface area contributed by atoms with E-state index in [1.54, 1.807) is 6.33 Å². The zero-order valence-corrected chi connectivity index (χ0v) is 13.5. The van der Waals surface area contributed by atoms with Crippen LogP contribution in [0.1, 0.15) is 18.9 Å². The number of hydrogen-bond acceptors (Lipinski definition) is 4. The average Bonchev–Trinajstić information content (AvgIpc) is 2.98. The lowest BCUT2D eigenvalue weighted by Gasteiger charge is -2.38. The highest BCUT2D eigenvalue weighted by molar-refractivity contribution is 6.04. The third-order valence-electron chi connectivity index (χ3n) is 4.84. The van der Waals surface area contributed by atoms with Crippen molar-refractivity contribution in [3.63, 3.8) is 0 Å². The molecule has 6 nitrogen and oxygen atoms in total. The van der Waals surface area contributed by atoms with Crippen LogP contribution in [-0.4, -0.2) is 46.1 Å². The molecule has 1 aromatic heterocycles. The van der Waals surface area contributed by atoms with Gasteiger partial charge in [-0.05, 0) is 42.7 Å². The van der Waals surface area contributed by atoms with E-state index in [9.17, 15) is 4.79 Å². The van der Waals surface area contributed by atoms with Gasteiger partial charge in [0.05, 0.1) is 29.5 Å². The normalized spacial score (nSPS) is 23.6. The topological polar surface area (TPSA) is 84.2 Å². The number of H-pyrrole nitrogens is 1. The lowest BCUT2D eigenvalue weighted by atomic mass is 9.91. The molecule has 1 saturated heterocycles. The number of nitrogens with two attached hydrogens (primary N) is 1. The largest absolute Gasteiger partial charge is 0.376 e. The number of primary amides is 1. The minimum atomic E-state index is -0.383. The first-order chi connectivity index (χ1) is 11.6. The van der Waals surface area contributed by atoms with Crippen LogP contribution in [0, 0.1) is 0 Å². The van der Waals surface area contributed by atoms with Crippen molar-refractivity contribution >= 4 is 22.5 Å². The fourth-order valence-corrected chi connectivity index (χ4v) is 3.36. The molecule has 0 radical (unpaired) electrons. The molecule has 6 heteroatoms. The second-order valence-corrected chi connectivity index (χ2v) is 6.30. The minimum absolute atomic E-state index is 0.0795. The second-order valence-electron chi connectivity index (χ2n) is 6.30. The zero-order chi connectivity index (χ0) is 16.7. The summed E-state index contributed by atoms with van der Waals surface area (Å²) in [6, 6.07) is 5.84. The Balaban J connectivity index is 1.71. The Morgan fingerprint density at radius 2 is 2.33 bits per heavy atom. The third-order valence-corrected chi connectivity index (χ3v) is 4.84. The Bertz CT molecular complexity index is 848. The summed E-state index contributed by atoms with van der Waals surface area (Å²) in [5.41, 5.74) is 10.0. The highest BCUT2D eigenvalue weighted by Crippen LogP contribution is 2.31. The number of allylic oxidation sites excluding steroid dienone is 2. The van der Waals surface area contributed by atoms with Crippen molar-refractivity contribution in [3.05, 3.63) is 47.9 Å². The smallest absolute Gasteiger partial charge is 0.247 e. The number of carbonyl (C=O) groups is 1. The number of aromatic amines is 1. The Morgan fingerprint density at radius 3 is 3.04 bits per heavy atom. The van der Waals surface area contributed by atoms with E-state index in [0.717, 1.165) is 41.7 Å². The molecule has 2 aliphatic rings. The maximum atomic E-state index is 12.1. The fourth-order valence-electron chi connectivity index (χ4n) is 3.36. The molecule has 1 aromatic carbocycles. The number of aromatic nitrogens is 2. The van der Waals surface area contributed by atoms with Gasteiger partial charge in [-0.25, -0.2) is 4.98 Å². The average molecular weight is 324 g/mol. The van der Waals surface area contributed by atoms with Gasteiger partial charge in [0, 0.05) is 24.9 Å². The monoisotopic (exact) mass is 324 g/mol. The van der Waals surface area contributed by atoms with Gasteiger partial charge in [0.1, 0.15) is 0 Å². The summed E-state index contributed by atoms with van der Waals surface area (Å²) in [5, 5.41) is 0. The summed E-state index contributed by atoms with van der Waals surface area (Å²) < 4.78 is 5.51. The van der Waals surface area contributed by atoms with Crippen LogP contribution in [0.25, 0.3) is 16.6 Å². The molecular weight excluding hydrogens is 304 g/mol. The molecule has 0 bridgehead atoms. The van der Waals surface area contributed by atoms with Crippen molar-refractivity contribution in [2.45, 2.75) is 25.5 Å². The first-order valence-corrected chi connectivity index (χ1v) is 8.16. The van der Waals surface area contributed by atoms with Crippen molar-refractivity contribution in [3.8, 4) is 0 Å². The molecule has 2 aliphatic heterocycles. The van der Waals surface area contributed by atoms with Crippen LogP contribution >= 0.6 is 0 Å². The summed E-state index contributed by atoms with van der Waals surface area (Å²) in [7, 11) is 0. The summed E-state index contributed by atoms with van der Waals surface area (Å²) in [6.07, 6.45) is 6.98. The van der Waals surface area contributed by atoms with E-state index in [-0.39, 0.29) is 18.1 Å². The van der Waals surface area contributed by atoms with Gasteiger partial charge in [0.25, 0.3) is 0 Å². The standard InChI is InChI=1S/C18H20N4O2/c1-11-17(18(19)23)14(4-6-22(11)9-13-5-7-24-13)12-2-3-15-16(8-12)21-10-20-15/h2-4,6,8,10-11,13H,5,7,9H2,1H3,(H2,19,23)(H,20,21)/t11?,13-/m0/s1. The van der Waals surface area contributed by atoms with Gasteiger partial charge in [-0.2, -0.15) is 0 Å². The summed E-state index contributed by atoms with van der Waals surface area (Å²) >= 11 is 0. The van der Waals surface area contributed by atoms with Gasteiger partial charge in [-0.15, -0.1) is 0 Å². The molecule has 0 aliphatic carbocycles. The number of benzene rings is 1. The van der Waals surface area contributed by atoms with E-state index in [2.05, 4.69) is 14.9 Å². The van der Waals surface area contributed by atoms with E-state index in [1.165, 1.54) is 0 Å². The van der Waals surface area contributed by atoms with Crippen LogP contribution in [-0.2, 0) is 9.53 Å². The minimum Gasteiger partial charge on any atom is -0.376 e. The molecule has 1 unspecified atom stereocenters. The quantitative estimate of drug-likeness (QED) is 0.898.